The van der Waals surface area contributed by atoms with Gasteiger partial charge < -0.3 is 15.2 Å². The lowest BCUT2D eigenvalue weighted by molar-refractivity contribution is 0.306. The highest BCUT2D eigenvalue weighted by molar-refractivity contribution is 6.55. The van der Waals surface area contributed by atoms with E-state index >= 15 is 0 Å². The quantitative estimate of drug-likeness (QED) is 0.737. The minimum absolute atomic E-state index is 0.208. The number of rotatable bonds is 8. The van der Waals surface area contributed by atoms with E-state index in [1.807, 2.05) is 19.1 Å². The second-order valence-electron chi connectivity index (χ2n) is 4.38. The Labute approximate surface area is 130 Å². The second-order valence-corrected chi connectivity index (χ2v) is 5.39. The molecule has 0 saturated carbocycles. The summed E-state index contributed by atoms with van der Waals surface area (Å²) in [5.74, 6) is 1.72. The molecule has 0 aliphatic heterocycles. The van der Waals surface area contributed by atoms with Crippen LogP contribution < -0.4 is 15.2 Å². The number of aryl methyl sites for hydroxylation is 2. The van der Waals surface area contributed by atoms with E-state index in [4.69, 9.17) is 38.4 Å². The highest BCUT2D eigenvalue weighted by Crippen LogP contribution is 2.29. The van der Waals surface area contributed by atoms with Crippen LogP contribution in [-0.4, -0.2) is 19.8 Å². The summed E-state index contributed by atoms with van der Waals surface area (Å²) in [5.41, 5.74) is 7.65. The Kier molecular flexibility index (Phi) is 7.82. The number of halogens is 2. The minimum Gasteiger partial charge on any atom is -0.493 e. The van der Waals surface area contributed by atoms with Crippen LogP contribution in [0.4, 0.5) is 0 Å². The summed E-state index contributed by atoms with van der Waals surface area (Å²) in [6, 6.07) is 3.94. The van der Waals surface area contributed by atoms with Crippen molar-refractivity contribution in [3.63, 3.8) is 0 Å². The molecule has 1 aromatic rings. The van der Waals surface area contributed by atoms with Crippen molar-refractivity contribution in [1.82, 2.24) is 0 Å². The Morgan fingerprint density at radius 1 is 1.30 bits per heavy atom. The molecule has 0 unspecified atom stereocenters. The topological polar surface area (TPSA) is 44.5 Å². The predicted molar refractivity (Wildman–Crippen MR) is 85.0 cm³/mol. The number of hydrogen-bond donors (Lipinski definition) is 1. The number of ether oxygens (including phenoxy) is 2. The predicted octanol–water partition coefficient (Wildman–Crippen LogP) is 3.98. The summed E-state index contributed by atoms with van der Waals surface area (Å²) in [7, 11) is 0. The van der Waals surface area contributed by atoms with Gasteiger partial charge in [0.1, 0.15) is 22.6 Å². The molecule has 5 heteroatoms. The van der Waals surface area contributed by atoms with Crippen molar-refractivity contribution < 1.29 is 9.47 Å². The van der Waals surface area contributed by atoms with Crippen molar-refractivity contribution in [3.8, 4) is 11.5 Å². The van der Waals surface area contributed by atoms with E-state index in [0.717, 1.165) is 35.5 Å². The van der Waals surface area contributed by atoms with Gasteiger partial charge in [0, 0.05) is 0 Å². The summed E-state index contributed by atoms with van der Waals surface area (Å²) in [5, 5.41) is 0. The zero-order valence-corrected chi connectivity index (χ0v) is 13.4. The van der Waals surface area contributed by atoms with Crippen molar-refractivity contribution >= 4 is 23.2 Å². The first-order valence-electron chi connectivity index (χ1n) is 6.68. The Morgan fingerprint density at radius 3 is 2.65 bits per heavy atom. The van der Waals surface area contributed by atoms with Gasteiger partial charge in [-0.2, -0.15) is 0 Å². The fraction of sp³-hybridized carbons (Fsp3) is 0.467. The monoisotopic (exact) mass is 317 g/mol. The van der Waals surface area contributed by atoms with Gasteiger partial charge in [-0.3, -0.25) is 0 Å². The average molecular weight is 318 g/mol. The van der Waals surface area contributed by atoms with Crippen molar-refractivity contribution in [2.24, 2.45) is 5.73 Å². The molecule has 0 spiro atoms. The smallest absolute Gasteiger partial charge is 0.125 e. The van der Waals surface area contributed by atoms with Gasteiger partial charge in [0.25, 0.3) is 0 Å². The standard InChI is InChI=1S/C15H21Cl2NO2/c1-3-12-10-13(19-8-5-14(16)17)9-11(2)15(12)20-7-4-6-18/h5,9-10H,3-4,6-8,18H2,1-2H3. The lowest BCUT2D eigenvalue weighted by Gasteiger charge is -2.15. The van der Waals surface area contributed by atoms with Crippen molar-refractivity contribution in [3.05, 3.63) is 33.8 Å². The first-order valence-corrected chi connectivity index (χ1v) is 7.44. The molecule has 1 aromatic carbocycles. The molecule has 0 atom stereocenters. The fourth-order valence-electron chi connectivity index (χ4n) is 1.82. The van der Waals surface area contributed by atoms with Crippen molar-refractivity contribution in [2.45, 2.75) is 26.7 Å². The lowest BCUT2D eigenvalue weighted by atomic mass is 10.1. The van der Waals surface area contributed by atoms with Crippen LogP contribution in [0.1, 0.15) is 24.5 Å². The zero-order valence-electron chi connectivity index (χ0n) is 11.9. The SMILES string of the molecule is CCc1cc(OCC=C(Cl)Cl)cc(C)c1OCCCN. The summed E-state index contributed by atoms with van der Waals surface area (Å²) < 4.78 is 11.6. The zero-order chi connectivity index (χ0) is 15.0. The molecule has 0 aromatic heterocycles. The largest absolute Gasteiger partial charge is 0.493 e. The Balaban J connectivity index is 2.81. The van der Waals surface area contributed by atoms with E-state index in [-0.39, 0.29) is 4.49 Å². The maximum Gasteiger partial charge on any atom is 0.125 e. The fourth-order valence-corrected chi connectivity index (χ4v) is 1.95. The maximum atomic E-state index is 5.81. The summed E-state index contributed by atoms with van der Waals surface area (Å²) in [6.45, 7) is 5.71. The summed E-state index contributed by atoms with van der Waals surface area (Å²) in [6.07, 6.45) is 3.33. The van der Waals surface area contributed by atoms with Gasteiger partial charge in [-0.1, -0.05) is 30.1 Å². The molecule has 0 fully saturated rings. The highest BCUT2D eigenvalue weighted by Gasteiger charge is 2.09. The van der Waals surface area contributed by atoms with Crippen LogP contribution in [0.25, 0.3) is 0 Å². The first-order chi connectivity index (χ1) is 9.58. The molecule has 0 amide bonds. The number of nitrogens with two attached hydrogens (primary N) is 1. The van der Waals surface area contributed by atoms with Gasteiger partial charge >= 0.3 is 0 Å². The molecule has 0 saturated heterocycles. The van der Waals surface area contributed by atoms with Crippen LogP contribution in [0.5, 0.6) is 11.5 Å². The van der Waals surface area contributed by atoms with E-state index in [1.54, 1.807) is 6.08 Å². The van der Waals surface area contributed by atoms with Crippen molar-refractivity contribution in [1.29, 1.82) is 0 Å². The number of benzene rings is 1. The molecule has 1 rings (SSSR count). The van der Waals surface area contributed by atoms with Crippen LogP contribution in [0, 0.1) is 6.92 Å². The van der Waals surface area contributed by atoms with Crippen LogP contribution >= 0.6 is 23.2 Å². The highest BCUT2D eigenvalue weighted by atomic mass is 35.5. The number of hydrogen-bond acceptors (Lipinski definition) is 3. The second kappa shape index (κ2) is 9.11. The lowest BCUT2D eigenvalue weighted by Crippen LogP contribution is -2.08. The van der Waals surface area contributed by atoms with E-state index in [0.29, 0.717) is 19.8 Å². The molecule has 0 radical (unpaired) electrons. The Hall–Kier alpha value is -0.900. The summed E-state index contributed by atoms with van der Waals surface area (Å²) >= 11 is 11.1. The van der Waals surface area contributed by atoms with E-state index in [2.05, 4.69) is 6.92 Å². The van der Waals surface area contributed by atoms with Gasteiger partial charge in [-0.05, 0) is 55.6 Å². The van der Waals surface area contributed by atoms with Gasteiger partial charge in [-0.25, -0.2) is 0 Å². The molecule has 0 aliphatic carbocycles. The Bertz CT molecular complexity index is 457. The van der Waals surface area contributed by atoms with Gasteiger partial charge in [0.05, 0.1) is 6.61 Å². The summed E-state index contributed by atoms with van der Waals surface area (Å²) in [4.78, 5) is 0. The first kappa shape index (κ1) is 17.2. The van der Waals surface area contributed by atoms with E-state index in [1.165, 1.54) is 0 Å². The van der Waals surface area contributed by atoms with Crippen LogP contribution in [0.2, 0.25) is 0 Å². The van der Waals surface area contributed by atoms with E-state index in [9.17, 15) is 0 Å². The average Bonchev–Trinajstić information content (AvgIpc) is 2.40. The molecular weight excluding hydrogens is 297 g/mol. The normalized spacial score (nSPS) is 10.2. The Morgan fingerprint density at radius 2 is 2.05 bits per heavy atom. The molecule has 3 nitrogen and oxygen atoms in total. The molecule has 0 bridgehead atoms. The van der Waals surface area contributed by atoms with Crippen LogP contribution in [0.3, 0.4) is 0 Å². The van der Waals surface area contributed by atoms with Gasteiger partial charge in [0.2, 0.25) is 0 Å². The third kappa shape index (κ3) is 5.61. The molecule has 20 heavy (non-hydrogen) atoms. The van der Waals surface area contributed by atoms with Crippen LogP contribution in [0.15, 0.2) is 22.7 Å². The van der Waals surface area contributed by atoms with E-state index < -0.39 is 0 Å². The van der Waals surface area contributed by atoms with Gasteiger partial charge in [-0.15, -0.1) is 0 Å². The molecule has 2 N–H and O–H groups in total. The third-order valence-corrected chi connectivity index (χ3v) is 3.10. The third-order valence-electron chi connectivity index (χ3n) is 2.79. The van der Waals surface area contributed by atoms with Gasteiger partial charge in [0.15, 0.2) is 0 Å². The van der Waals surface area contributed by atoms with Crippen molar-refractivity contribution in [2.75, 3.05) is 19.8 Å². The minimum atomic E-state index is 0.208. The molecule has 0 aliphatic rings. The van der Waals surface area contributed by atoms with Crippen LogP contribution in [-0.2, 0) is 6.42 Å². The molecular formula is C15H21Cl2NO2. The molecule has 0 heterocycles. The molecule has 112 valence electrons. The maximum absolute atomic E-state index is 5.81.